The number of hydrogen-bond donors (Lipinski definition) is 2. The smallest absolute Gasteiger partial charge is 0.345 e. The molecule has 0 aliphatic rings. The molecule has 2 N–H and O–H groups in total. The highest BCUT2D eigenvalue weighted by atomic mass is 32.2. The molecule has 0 amide bonds. The third-order valence-electron chi connectivity index (χ3n) is 2.00. The van der Waals surface area contributed by atoms with Crippen LogP contribution >= 0.6 is 11.3 Å². The van der Waals surface area contributed by atoms with Crippen molar-refractivity contribution in [2.45, 2.75) is 13.5 Å². The molecule has 1 aromatic rings. The summed E-state index contributed by atoms with van der Waals surface area (Å²) in [4.78, 5) is 12.0. The van der Waals surface area contributed by atoms with E-state index in [0.29, 0.717) is 29.5 Å². The first-order valence-electron chi connectivity index (χ1n) is 5.01. The zero-order chi connectivity index (χ0) is 12.0. The highest BCUT2D eigenvalue weighted by molar-refractivity contribution is 7.84. The molecule has 0 fully saturated rings. The molecular formula is C10H15NO3S2. The first-order chi connectivity index (χ1) is 7.63. The molecule has 0 aliphatic carbocycles. The first kappa shape index (κ1) is 13.3. The van der Waals surface area contributed by atoms with Crippen molar-refractivity contribution in [2.75, 3.05) is 18.1 Å². The van der Waals surface area contributed by atoms with E-state index in [-0.39, 0.29) is 0 Å². The molecule has 1 rings (SSSR count). The molecular weight excluding hydrogens is 246 g/mol. The minimum absolute atomic E-state index is 0.355. The van der Waals surface area contributed by atoms with Crippen LogP contribution in [0, 0.1) is 0 Å². The van der Waals surface area contributed by atoms with Crippen molar-refractivity contribution in [3.63, 3.8) is 0 Å². The Morgan fingerprint density at radius 1 is 1.56 bits per heavy atom. The Morgan fingerprint density at radius 2 is 2.31 bits per heavy atom. The van der Waals surface area contributed by atoms with Crippen molar-refractivity contribution in [3.8, 4) is 0 Å². The number of aromatic carboxylic acids is 1. The highest BCUT2D eigenvalue weighted by Gasteiger charge is 2.06. The number of rotatable bonds is 7. The Labute approximate surface area is 101 Å². The molecule has 1 atom stereocenters. The second kappa shape index (κ2) is 6.78. The average Bonchev–Trinajstić information content (AvgIpc) is 2.72. The van der Waals surface area contributed by atoms with Crippen LogP contribution in [0.1, 0.15) is 21.5 Å². The van der Waals surface area contributed by atoms with E-state index in [4.69, 9.17) is 5.11 Å². The van der Waals surface area contributed by atoms with Crippen LogP contribution in [-0.2, 0) is 17.3 Å². The van der Waals surface area contributed by atoms with Gasteiger partial charge in [0.05, 0.1) is 0 Å². The molecule has 0 saturated heterocycles. The van der Waals surface area contributed by atoms with Crippen molar-refractivity contribution in [1.29, 1.82) is 0 Å². The van der Waals surface area contributed by atoms with Gasteiger partial charge in [-0.15, -0.1) is 11.3 Å². The number of carboxylic acid groups (broad SMARTS) is 1. The molecule has 0 saturated carbocycles. The molecule has 1 aromatic heterocycles. The minimum Gasteiger partial charge on any atom is -0.477 e. The van der Waals surface area contributed by atoms with E-state index in [9.17, 15) is 9.00 Å². The fourth-order valence-electron chi connectivity index (χ4n) is 1.13. The van der Waals surface area contributed by atoms with E-state index in [1.165, 1.54) is 11.3 Å². The van der Waals surface area contributed by atoms with Crippen LogP contribution in [0.15, 0.2) is 12.1 Å². The number of carboxylic acids is 1. The van der Waals surface area contributed by atoms with Gasteiger partial charge in [0.25, 0.3) is 0 Å². The van der Waals surface area contributed by atoms with Gasteiger partial charge in [0, 0.05) is 40.3 Å². The van der Waals surface area contributed by atoms with Crippen LogP contribution < -0.4 is 5.32 Å². The van der Waals surface area contributed by atoms with Crippen LogP contribution in [-0.4, -0.2) is 33.3 Å². The van der Waals surface area contributed by atoms with Gasteiger partial charge >= 0.3 is 5.97 Å². The lowest BCUT2D eigenvalue weighted by Crippen LogP contribution is -2.20. The maximum atomic E-state index is 11.1. The van der Waals surface area contributed by atoms with Crippen LogP contribution in [0.2, 0.25) is 0 Å². The van der Waals surface area contributed by atoms with Gasteiger partial charge in [-0.05, 0) is 12.1 Å². The Kier molecular flexibility index (Phi) is 5.65. The molecule has 0 spiro atoms. The van der Waals surface area contributed by atoms with Crippen LogP contribution in [0.5, 0.6) is 0 Å². The summed E-state index contributed by atoms with van der Waals surface area (Å²) in [5.41, 5.74) is 0. The van der Waals surface area contributed by atoms with Crippen LogP contribution in [0.4, 0.5) is 0 Å². The number of carbonyl (C=O) groups is 1. The van der Waals surface area contributed by atoms with Gasteiger partial charge in [-0.2, -0.15) is 0 Å². The van der Waals surface area contributed by atoms with E-state index in [1.54, 1.807) is 12.1 Å². The van der Waals surface area contributed by atoms with Gasteiger partial charge in [0.1, 0.15) is 4.88 Å². The van der Waals surface area contributed by atoms with E-state index in [2.05, 4.69) is 5.32 Å². The topological polar surface area (TPSA) is 66.4 Å². The summed E-state index contributed by atoms with van der Waals surface area (Å²) in [6, 6.07) is 3.41. The predicted molar refractivity (Wildman–Crippen MR) is 66.5 cm³/mol. The minimum atomic E-state index is -0.886. The normalized spacial score (nSPS) is 12.6. The Balaban J connectivity index is 2.27. The first-order valence-corrected chi connectivity index (χ1v) is 7.31. The predicted octanol–water partition coefficient (Wildman–Crippen LogP) is 1.30. The van der Waals surface area contributed by atoms with Gasteiger partial charge in [-0.1, -0.05) is 6.92 Å². The Hall–Kier alpha value is -0.720. The van der Waals surface area contributed by atoms with Gasteiger partial charge < -0.3 is 10.4 Å². The summed E-state index contributed by atoms with van der Waals surface area (Å²) < 4.78 is 11.1. The fraction of sp³-hybridized carbons (Fsp3) is 0.500. The third-order valence-corrected chi connectivity index (χ3v) is 4.38. The molecule has 0 bridgehead atoms. The summed E-state index contributed by atoms with van der Waals surface area (Å²) in [7, 11) is -0.740. The Bertz CT molecular complexity index is 376. The van der Waals surface area contributed by atoms with Crippen molar-refractivity contribution >= 4 is 28.1 Å². The van der Waals surface area contributed by atoms with Crippen LogP contribution in [0.3, 0.4) is 0 Å². The molecule has 90 valence electrons. The molecule has 0 radical (unpaired) electrons. The van der Waals surface area contributed by atoms with E-state index in [0.717, 1.165) is 4.88 Å². The lowest BCUT2D eigenvalue weighted by Gasteiger charge is -2.01. The Morgan fingerprint density at radius 3 is 2.88 bits per heavy atom. The van der Waals surface area contributed by atoms with Crippen molar-refractivity contribution in [3.05, 3.63) is 21.9 Å². The lowest BCUT2D eigenvalue weighted by atomic mass is 10.4. The van der Waals surface area contributed by atoms with E-state index < -0.39 is 16.8 Å². The molecule has 0 aliphatic heterocycles. The van der Waals surface area contributed by atoms with Crippen molar-refractivity contribution in [1.82, 2.24) is 5.32 Å². The number of thiophene rings is 1. The lowest BCUT2D eigenvalue weighted by molar-refractivity contribution is 0.0702. The second-order valence-corrected chi connectivity index (χ2v) is 6.21. The zero-order valence-corrected chi connectivity index (χ0v) is 10.7. The number of hydrogen-bond acceptors (Lipinski definition) is 4. The van der Waals surface area contributed by atoms with Gasteiger partial charge in [0.2, 0.25) is 0 Å². The summed E-state index contributed by atoms with van der Waals surface area (Å²) in [6.07, 6.45) is 0. The molecule has 4 nitrogen and oxygen atoms in total. The van der Waals surface area contributed by atoms with E-state index in [1.807, 2.05) is 6.92 Å². The zero-order valence-electron chi connectivity index (χ0n) is 9.06. The standard InChI is InChI=1S/C10H15NO3S2/c1-2-16(14)6-5-11-7-8-3-4-9(15-8)10(12)13/h3-4,11H,2,5-7H2,1H3,(H,12,13). The monoisotopic (exact) mass is 261 g/mol. The maximum Gasteiger partial charge on any atom is 0.345 e. The molecule has 6 heteroatoms. The fourth-order valence-corrected chi connectivity index (χ4v) is 2.61. The van der Waals surface area contributed by atoms with Gasteiger partial charge in [-0.25, -0.2) is 4.79 Å². The largest absolute Gasteiger partial charge is 0.477 e. The summed E-state index contributed by atoms with van der Waals surface area (Å²) in [5, 5.41) is 11.9. The molecule has 1 heterocycles. The van der Waals surface area contributed by atoms with E-state index >= 15 is 0 Å². The molecule has 0 aromatic carbocycles. The van der Waals surface area contributed by atoms with Crippen LogP contribution in [0.25, 0.3) is 0 Å². The SMILES string of the molecule is CCS(=O)CCNCc1ccc(C(=O)O)s1. The number of nitrogens with one attached hydrogen (secondary N) is 1. The second-order valence-electron chi connectivity index (χ2n) is 3.18. The quantitative estimate of drug-likeness (QED) is 0.726. The van der Waals surface area contributed by atoms with Gasteiger partial charge in [0.15, 0.2) is 0 Å². The summed E-state index contributed by atoms with van der Waals surface area (Å²) in [5.74, 6) is 0.445. The summed E-state index contributed by atoms with van der Waals surface area (Å²) >= 11 is 1.27. The molecule has 16 heavy (non-hydrogen) atoms. The third kappa shape index (κ3) is 4.42. The van der Waals surface area contributed by atoms with Crippen molar-refractivity contribution in [2.24, 2.45) is 0 Å². The van der Waals surface area contributed by atoms with Crippen molar-refractivity contribution < 1.29 is 14.1 Å². The maximum absolute atomic E-state index is 11.1. The van der Waals surface area contributed by atoms with Gasteiger partial charge in [-0.3, -0.25) is 4.21 Å². The molecule has 1 unspecified atom stereocenters. The summed E-state index contributed by atoms with van der Waals surface area (Å²) in [6.45, 7) is 3.23. The average molecular weight is 261 g/mol. The highest BCUT2D eigenvalue weighted by Crippen LogP contribution is 2.15.